The monoisotopic (exact) mass is 186 g/mol. The van der Waals surface area contributed by atoms with Crippen LogP contribution < -0.4 is 5.84 Å². The zero-order chi connectivity index (χ0) is 10.1. The van der Waals surface area contributed by atoms with E-state index in [4.69, 9.17) is 10.6 Å². The summed E-state index contributed by atoms with van der Waals surface area (Å²) in [4.78, 5) is 11.4. The van der Waals surface area contributed by atoms with Crippen LogP contribution in [-0.2, 0) is 9.53 Å². The van der Waals surface area contributed by atoms with Crippen molar-refractivity contribution in [2.75, 3.05) is 20.2 Å². The molecule has 0 aliphatic carbocycles. The fraction of sp³-hybridized carbons (Fsp3) is 0.889. The Morgan fingerprint density at radius 3 is 2.69 bits per heavy atom. The fourth-order valence-corrected chi connectivity index (χ4v) is 1.98. The topological polar surface area (TPSA) is 55.6 Å². The van der Waals surface area contributed by atoms with Crippen LogP contribution in [0.3, 0.4) is 0 Å². The number of rotatable bonds is 1. The van der Waals surface area contributed by atoms with Crippen LogP contribution in [0.5, 0.6) is 0 Å². The molecule has 4 heteroatoms. The Labute approximate surface area is 79.0 Å². The number of carbonyl (C=O) groups is 1. The van der Waals surface area contributed by atoms with E-state index in [1.807, 2.05) is 13.8 Å². The molecule has 0 bridgehead atoms. The van der Waals surface area contributed by atoms with Crippen LogP contribution >= 0.6 is 0 Å². The summed E-state index contributed by atoms with van der Waals surface area (Å²) in [6.07, 6.45) is 0.788. The molecular weight excluding hydrogens is 168 g/mol. The highest BCUT2D eigenvalue weighted by molar-refractivity contribution is 5.73. The van der Waals surface area contributed by atoms with Crippen molar-refractivity contribution < 1.29 is 9.53 Å². The maximum atomic E-state index is 11.4. The van der Waals surface area contributed by atoms with Crippen LogP contribution in [0, 0.1) is 11.3 Å². The molecular formula is C9H18N2O2. The number of hydrogen-bond donors (Lipinski definition) is 1. The van der Waals surface area contributed by atoms with Crippen molar-refractivity contribution >= 4 is 5.97 Å². The highest BCUT2D eigenvalue weighted by Gasteiger charge is 2.40. The molecule has 0 saturated carbocycles. The van der Waals surface area contributed by atoms with Gasteiger partial charge in [0, 0.05) is 13.1 Å². The van der Waals surface area contributed by atoms with Gasteiger partial charge in [0.1, 0.15) is 0 Å². The molecule has 1 saturated heterocycles. The van der Waals surface area contributed by atoms with Gasteiger partial charge in [0.05, 0.1) is 13.0 Å². The number of carbonyl (C=O) groups excluding carboxylic acids is 1. The smallest absolute Gasteiger partial charge is 0.309 e. The molecule has 0 aromatic carbocycles. The van der Waals surface area contributed by atoms with Crippen molar-refractivity contribution in [1.29, 1.82) is 0 Å². The molecule has 0 aromatic heterocycles. The van der Waals surface area contributed by atoms with Crippen molar-refractivity contribution in [2.24, 2.45) is 17.2 Å². The molecule has 0 amide bonds. The van der Waals surface area contributed by atoms with Gasteiger partial charge in [-0.05, 0) is 11.8 Å². The molecule has 1 atom stereocenters. The lowest BCUT2D eigenvalue weighted by Crippen LogP contribution is -2.51. The average molecular weight is 186 g/mol. The van der Waals surface area contributed by atoms with Gasteiger partial charge in [-0.25, -0.2) is 5.01 Å². The number of piperidine rings is 1. The van der Waals surface area contributed by atoms with E-state index in [2.05, 4.69) is 0 Å². The maximum absolute atomic E-state index is 11.4. The van der Waals surface area contributed by atoms with Gasteiger partial charge in [-0.3, -0.25) is 10.6 Å². The first-order valence-corrected chi connectivity index (χ1v) is 4.55. The Morgan fingerprint density at radius 2 is 2.23 bits per heavy atom. The molecule has 1 rings (SSSR count). The lowest BCUT2D eigenvalue weighted by atomic mass is 9.74. The van der Waals surface area contributed by atoms with E-state index >= 15 is 0 Å². The Hall–Kier alpha value is -0.610. The number of hydrogen-bond acceptors (Lipinski definition) is 4. The molecule has 1 aliphatic rings. The normalized spacial score (nSPS) is 28.5. The number of nitrogens with two attached hydrogens (primary N) is 1. The van der Waals surface area contributed by atoms with Crippen molar-refractivity contribution in [3.05, 3.63) is 0 Å². The van der Waals surface area contributed by atoms with Crippen molar-refractivity contribution in [3.8, 4) is 0 Å². The third-order valence-corrected chi connectivity index (χ3v) is 2.74. The zero-order valence-corrected chi connectivity index (χ0v) is 8.54. The molecule has 2 N–H and O–H groups in total. The van der Waals surface area contributed by atoms with E-state index in [0.717, 1.165) is 19.5 Å². The van der Waals surface area contributed by atoms with Crippen molar-refractivity contribution in [2.45, 2.75) is 20.3 Å². The van der Waals surface area contributed by atoms with Gasteiger partial charge >= 0.3 is 5.97 Å². The Morgan fingerprint density at radius 1 is 1.62 bits per heavy atom. The standard InChI is InChI=1S/C9H18N2O2/c1-9(2)6-11(10)5-4-7(9)8(12)13-3/h7H,4-6,10H2,1-3H3. The number of hydrazine groups is 1. The third-order valence-electron chi connectivity index (χ3n) is 2.74. The molecule has 0 aromatic rings. The molecule has 76 valence electrons. The highest BCUT2D eigenvalue weighted by atomic mass is 16.5. The summed E-state index contributed by atoms with van der Waals surface area (Å²) in [7, 11) is 1.44. The zero-order valence-electron chi connectivity index (χ0n) is 8.54. The first kappa shape index (κ1) is 10.5. The van der Waals surface area contributed by atoms with Gasteiger partial charge in [-0.2, -0.15) is 0 Å². The summed E-state index contributed by atoms with van der Waals surface area (Å²) in [5.74, 6) is 5.57. The minimum atomic E-state index is -0.113. The van der Waals surface area contributed by atoms with Gasteiger partial charge in [0.15, 0.2) is 0 Å². The third kappa shape index (κ3) is 2.19. The number of nitrogens with zero attached hydrogens (tertiary/aromatic N) is 1. The van der Waals surface area contributed by atoms with Gasteiger partial charge in [-0.1, -0.05) is 13.8 Å². The first-order valence-electron chi connectivity index (χ1n) is 4.55. The number of methoxy groups -OCH3 is 1. The van der Waals surface area contributed by atoms with E-state index in [1.165, 1.54) is 7.11 Å². The van der Waals surface area contributed by atoms with E-state index in [9.17, 15) is 4.79 Å². The van der Waals surface area contributed by atoms with Crippen molar-refractivity contribution in [3.63, 3.8) is 0 Å². The fourth-order valence-electron chi connectivity index (χ4n) is 1.98. The Kier molecular flexibility index (Phi) is 2.93. The van der Waals surface area contributed by atoms with Gasteiger partial charge in [0.25, 0.3) is 0 Å². The number of ether oxygens (including phenoxy) is 1. The number of esters is 1. The molecule has 1 heterocycles. The van der Waals surface area contributed by atoms with Crippen LogP contribution in [0.4, 0.5) is 0 Å². The van der Waals surface area contributed by atoms with Crippen LogP contribution in [0.1, 0.15) is 20.3 Å². The van der Waals surface area contributed by atoms with Crippen LogP contribution in [0.2, 0.25) is 0 Å². The molecule has 0 spiro atoms. The largest absolute Gasteiger partial charge is 0.469 e. The minimum absolute atomic E-state index is 0.0164. The quantitative estimate of drug-likeness (QED) is 0.475. The molecule has 1 fully saturated rings. The van der Waals surface area contributed by atoms with Crippen molar-refractivity contribution in [1.82, 2.24) is 5.01 Å². The summed E-state index contributed by atoms with van der Waals surface area (Å²) in [6, 6.07) is 0. The first-order chi connectivity index (χ1) is 5.97. The summed E-state index contributed by atoms with van der Waals surface area (Å²) in [6.45, 7) is 5.61. The molecule has 4 nitrogen and oxygen atoms in total. The summed E-state index contributed by atoms with van der Waals surface area (Å²) in [5, 5.41) is 1.76. The van der Waals surface area contributed by atoms with E-state index in [1.54, 1.807) is 5.01 Å². The second kappa shape index (κ2) is 3.64. The highest BCUT2D eigenvalue weighted by Crippen LogP contribution is 2.34. The molecule has 0 radical (unpaired) electrons. The predicted octanol–water partition coefficient (Wildman–Crippen LogP) is 0.381. The SMILES string of the molecule is COC(=O)C1CCN(N)CC1(C)C. The minimum Gasteiger partial charge on any atom is -0.469 e. The Bertz CT molecular complexity index is 204. The maximum Gasteiger partial charge on any atom is 0.309 e. The van der Waals surface area contributed by atoms with Crippen LogP contribution in [0.25, 0.3) is 0 Å². The Balaban J connectivity index is 2.69. The summed E-state index contributed by atoms with van der Waals surface area (Å²) >= 11 is 0. The molecule has 1 unspecified atom stereocenters. The van der Waals surface area contributed by atoms with E-state index in [-0.39, 0.29) is 17.3 Å². The summed E-state index contributed by atoms with van der Waals surface area (Å²) in [5.41, 5.74) is -0.0832. The molecule has 1 aliphatic heterocycles. The van der Waals surface area contributed by atoms with Gasteiger partial charge < -0.3 is 4.74 Å². The van der Waals surface area contributed by atoms with Crippen LogP contribution in [0.15, 0.2) is 0 Å². The lowest BCUT2D eigenvalue weighted by molar-refractivity contribution is -0.152. The van der Waals surface area contributed by atoms with Gasteiger partial charge in [-0.15, -0.1) is 0 Å². The second-order valence-corrected chi connectivity index (χ2v) is 4.32. The van der Waals surface area contributed by atoms with E-state index in [0.29, 0.717) is 0 Å². The lowest BCUT2D eigenvalue weighted by Gasteiger charge is -2.40. The van der Waals surface area contributed by atoms with Gasteiger partial charge in [0.2, 0.25) is 0 Å². The summed E-state index contributed by atoms with van der Waals surface area (Å²) < 4.78 is 4.76. The predicted molar refractivity (Wildman–Crippen MR) is 49.7 cm³/mol. The molecule has 13 heavy (non-hydrogen) atoms. The second-order valence-electron chi connectivity index (χ2n) is 4.32. The average Bonchev–Trinajstić information content (AvgIpc) is 2.01. The van der Waals surface area contributed by atoms with Crippen LogP contribution in [-0.4, -0.2) is 31.2 Å². The van der Waals surface area contributed by atoms with E-state index < -0.39 is 0 Å².